The third-order valence-electron chi connectivity index (χ3n) is 4.20. The van der Waals surface area contributed by atoms with Crippen molar-refractivity contribution in [3.8, 4) is 11.5 Å². The summed E-state index contributed by atoms with van der Waals surface area (Å²) >= 11 is 6.29. The number of amides is 2. The molecule has 0 spiro atoms. The van der Waals surface area contributed by atoms with Gasteiger partial charge < -0.3 is 14.6 Å². The fourth-order valence-corrected chi connectivity index (χ4v) is 3.70. The van der Waals surface area contributed by atoms with Crippen LogP contribution in [0.25, 0.3) is 6.08 Å². The van der Waals surface area contributed by atoms with Crippen molar-refractivity contribution in [2.75, 3.05) is 7.11 Å². The molecule has 1 unspecified atom stereocenters. The predicted octanol–water partition coefficient (Wildman–Crippen LogP) is 3.09. The molecule has 0 bridgehead atoms. The first kappa shape index (κ1) is 22.3. The number of benzene rings is 2. The van der Waals surface area contributed by atoms with Crippen LogP contribution >= 0.6 is 24.0 Å². The molecule has 2 aromatic carbocycles. The van der Waals surface area contributed by atoms with Crippen LogP contribution in [-0.4, -0.2) is 45.4 Å². The highest BCUT2D eigenvalue weighted by Crippen LogP contribution is 2.31. The number of aliphatic carboxylic acids is 1. The van der Waals surface area contributed by atoms with Crippen LogP contribution in [0.5, 0.6) is 11.5 Å². The smallest absolute Gasteiger partial charge is 0.344 e. The Hall–Kier alpha value is -3.37. The molecule has 2 aromatic rings. The molecule has 1 atom stereocenters. The van der Waals surface area contributed by atoms with Crippen LogP contribution in [0.2, 0.25) is 0 Å². The van der Waals surface area contributed by atoms with Gasteiger partial charge in [0.2, 0.25) is 0 Å². The number of hydrogen-bond donors (Lipinski definition) is 2. The maximum absolute atomic E-state index is 12.7. The Morgan fingerprint density at radius 2 is 1.74 bits per heavy atom. The molecule has 2 amide bonds. The van der Waals surface area contributed by atoms with Crippen molar-refractivity contribution in [3.63, 3.8) is 0 Å². The normalized spacial score (nSPS) is 15.7. The molecule has 10 heteroatoms. The molecule has 160 valence electrons. The Balaban J connectivity index is 1.68. The monoisotopic (exact) mass is 458 g/mol. The molecule has 0 radical (unpaired) electrons. The van der Waals surface area contributed by atoms with Gasteiger partial charge in [-0.25, -0.2) is 4.79 Å². The molecule has 31 heavy (non-hydrogen) atoms. The average molecular weight is 459 g/mol. The van der Waals surface area contributed by atoms with E-state index in [9.17, 15) is 14.4 Å². The summed E-state index contributed by atoms with van der Waals surface area (Å²) in [5, 5.41) is 9.93. The number of ether oxygens (including phenoxy) is 2. The summed E-state index contributed by atoms with van der Waals surface area (Å²) in [6.45, 7) is 1.43. The Morgan fingerprint density at radius 3 is 2.32 bits per heavy atom. The minimum Gasteiger partial charge on any atom is -0.497 e. The van der Waals surface area contributed by atoms with E-state index in [-0.39, 0.29) is 4.32 Å². The van der Waals surface area contributed by atoms with Gasteiger partial charge in [-0.15, -0.1) is 0 Å². The van der Waals surface area contributed by atoms with Crippen LogP contribution in [0, 0.1) is 0 Å². The van der Waals surface area contributed by atoms with Crippen LogP contribution in [0.3, 0.4) is 0 Å². The molecule has 1 fully saturated rings. The standard InChI is InChI=1S/C21H18N2O6S2/c1-12(20(26)27)29-16-7-3-13(4-8-16)11-17-19(25)23(21(30)31-17)22-18(24)14-5-9-15(28-2)10-6-14/h3-12H,1-2H3,(H,22,24)(H,26,27)/b17-11+. The first-order valence-corrected chi connectivity index (χ1v) is 10.2. The fourth-order valence-electron chi connectivity index (χ4n) is 2.52. The lowest BCUT2D eigenvalue weighted by Gasteiger charge is -2.15. The number of nitrogens with zero attached hydrogens (tertiary/aromatic N) is 1. The molecular formula is C21H18N2O6S2. The molecule has 2 N–H and O–H groups in total. The second kappa shape index (κ2) is 9.63. The van der Waals surface area contributed by atoms with Crippen molar-refractivity contribution in [1.29, 1.82) is 0 Å². The lowest BCUT2D eigenvalue weighted by molar-refractivity contribution is -0.144. The summed E-state index contributed by atoms with van der Waals surface area (Å²) in [6, 6.07) is 13.0. The number of nitrogens with one attached hydrogen (secondary N) is 1. The number of methoxy groups -OCH3 is 1. The highest BCUT2D eigenvalue weighted by atomic mass is 32.2. The number of carboxylic acids is 1. The summed E-state index contributed by atoms with van der Waals surface area (Å²) < 4.78 is 10.5. The first-order valence-electron chi connectivity index (χ1n) is 9.01. The van der Waals surface area contributed by atoms with E-state index in [1.807, 2.05) is 0 Å². The molecule has 1 saturated heterocycles. The molecule has 3 rings (SSSR count). The van der Waals surface area contributed by atoms with Crippen molar-refractivity contribution >= 4 is 52.2 Å². The minimum atomic E-state index is -1.07. The topological polar surface area (TPSA) is 105 Å². The molecule has 0 aliphatic carbocycles. The van der Waals surface area contributed by atoms with Crippen molar-refractivity contribution in [1.82, 2.24) is 10.4 Å². The van der Waals surface area contributed by atoms with Crippen molar-refractivity contribution < 1.29 is 29.0 Å². The summed E-state index contributed by atoms with van der Waals surface area (Å²) in [6.07, 6.45) is 0.653. The van der Waals surface area contributed by atoms with E-state index in [0.29, 0.717) is 27.5 Å². The third kappa shape index (κ3) is 5.41. The predicted molar refractivity (Wildman–Crippen MR) is 120 cm³/mol. The van der Waals surface area contributed by atoms with Crippen molar-refractivity contribution in [3.05, 3.63) is 64.6 Å². The van der Waals surface area contributed by atoms with Gasteiger partial charge in [0, 0.05) is 5.56 Å². The van der Waals surface area contributed by atoms with Gasteiger partial charge in [0.15, 0.2) is 10.4 Å². The second-order valence-electron chi connectivity index (χ2n) is 6.35. The van der Waals surface area contributed by atoms with Crippen LogP contribution < -0.4 is 14.9 Å². The van der Waals surface area contributed by atoms with Gasteiger partial charge >= 0.3 is 5.97 Å². The molecule has 0 saturated carbocycles. The average Bonchev–Trinajstić information content (AvgIpc) is 3.02. The van der Waals surface area contributed by atoms with Gasteiger partial charge in [0.25, 0.3) is 11.8 Å². The lowest BCUT2D eigenvalue weighted by Crippen LogP contribution is -2.44. The van der Waals surface area contributed by atoms with Crippen LogP contribution in [0.15, 0.2) is 53.4 Å². The van der Waals surface area contributed by atoms with E-state index < -0.39 is 23.9 Å². The molecule has 1 heterocycles. The second-order valence-corrected chi connectivity index (χ2v) is 8.03. The quantitative estimate of drug-likeness (QED) is 0.482. The van der Waals surface area contributed by atoms with Gasteiger partial charge in [-0.3, -0.25) is 15.0 Å². The highest BCUT2D eigenvalue weighted by Gasteiger charge is 2.33. The zero-order chi connectivity index (χ0) is 22.5. The van der Waals surface area contributed by atoms with Gasteiger partial charge in [-0.1, -0.05) is 23.9 Å². The minimum absolute atomic E-state index is 0.202. The van der Waals surface area contributed by atoms with E-state index in [4.69, 9.17) is 26.8 Å². The van der Waals surface area contributed by atoms with Crippen molar-refractivity contribution in [2.24, 2.45) is 0 Å². The van der Waals surface area contributed by atoms with Crippen LogP contribution in [0.1, 0.15) is 22.8 Å². The summed E-state index contributed by atoms with van der Waals surface area (Å²) in [4.78, 5) is 36.3. The zero-order valence-corrected chi connectivity index (χ0v) is 18.2. The number of carbonyl (C=O) groups excluding carboxylic acids is 2. The van der Waals surface area contributed by atoms with E-state index >= 15 is 0 Å². The van der Waals surface area contributed by atoms with Crippen LogP contribution in [-0.2, 0) is 9.59 Å². The number of carboxylic acid groups (broad SMARTS) is 1. The third-order valence-corrected chi connectivity index (χ3v) is 5.50. The lowest BCUT2D eigenvalue weighted by atomic mass is 10.2. The number of thiocarbonyl (C=S) groups is 1. The Kier molecular flexibility index (Phi) is 6.93. The number of rotatable bonds is 7. The maximum Gasteiger partial charge on any atom is 0.344 e. The summed E-state index contributed by atoms with van der Waals surface area (Å²) in [7, 11) is 1.53. The van der Waals surface area contributed by atoms with E-state index in [0.717, 1.165) is 16.8 Å². The Labute approximate surface area is 187 Å². The zero-order valence-electron chi connectivity index (χ0n) is 16.5. The largest absolute Gasteiger partial charge is 0.497 e. The van der Waals surface area contributed by atoms with Gasteiger partial charge in [-0.2, -0.15) is 5.01 Å². The number of thioether (sulfide) groups is 1. The Bertz CT molecular complexity index is 1050. The fraction of sp³-hybridized carbons (Fsp3) is 0.143. The molecule has 0 aromatic heterocycles. The van der Waals surface area contributed by atoms with E-state index in [1.165, 1.54) is 14.0 Å². The summed E-state index contributed by atoms with van der Waals surface area (Å²) in [5.41, 5.74) is 3.56. The van der Waals surface area contributed by atoms with Gasteiger partial charge in [0.1, 0.15) is 11.5 Å². The van der Waals surface area contributed by atoms with Crippen molar-refractivity contribution in [2.45, 2.75) is 13.0 Å². The Morgan fingerprint density at radius 1 is 1.13 bits per heavy atom. The van der Waals surface area contributed by atoms with Gasteiger partial charge in [0.05, 0.1) is 12.0 Å². The van der Waals surface area contributed by atoms with E-state index in [2.05, 4.69) is 5.43 Å². The SMILES string of the molecule is COc1ccc(C(=O)NN2C(=O)/C(=C\c3ccc(OC(C)C(=O)O)cc3)SC2=S)cc1. The number of hydrazine groups is 1. The highest BCUT2D eigenvalue weighted by molar-refractivity contribution is 8.26. The number of hydrogen-bond acceptors (Lipinski definition) is 7. The van der Waals surface area contributed by atoms with Crippen LogP contribution in [0.4, 0.5) is 0 Å². The van der Waals surface area contributed by atoms with Gasteiger partial charge in [-0.05, 0) is 67.2 Å². The molecule has 1 aliphatic rings. The number of carbonyl (C=O) groups is 3. The molecule has 8 nitrogen and oxygen atoms in total. The molecule has 1 aliphatic heterocycles. The van der Waals surface area contributed by atoms with E-state index in [1.54, 1.807) is 54.6 Å². The maximum atomic E-state index is 12.7. The summed E-state index contributed by atoms with van der Waals surface area (Å²) in [5.74, 6) is -0.985. The first-order chi connectivity index (χ1) is 14.8. The molecular weight excluding hydrogens is 440 g/mol.